The van der Waals surface area contributed by atoms with E-state index in [-0.39, 0.29) is 18.2 Å². The number of nitrogens with one attached hydrogen (secondary N) is 1. The Balaban J connectivity index is 1.86. The summed E-state index contributed by atoms with van der Waals surface area (Å²) in [6, 6.07) is 8.97. The number of para-hydroxylation sites is 2. The van der Waals surface area contributed by atoms with Gasteiger partial charge in [0, 0.05) is 25.2 Å². The number of alkyl halides is 6. The molecule has 1 heterocycles. The van der Waals surface area contributed by atoms with E-state index >= 15 is 0 Å². The van der Waals surface area contributed by atoms with Crippen LogP contribution in [0.25, 0.3) is 0 Å². The van der Waals surface area contributed by atoms with E-state index in [1.165, 1.54) is 0 Å². The Hall–Kier alpha value is -2.91. The van der Waals surface area contributed by atoms with Crippen molar-refractivity contribution in [3.05, 3.63) is 59.2 Å². The molecule has 0 saturated carbocycles. The second-order valence-corrected chi connectivity index (χ2v) is 9.29. The van der Waals surface area contributed by atoms with Gasteiger partial charge in [0.25, 0.3) is 0 Å². The van der Waals surface area contributed by atoms with E-state index in [4.69, 9.17) is 0 Å². The van der Waals surface area contributed by atoms with Crippen LogP contribution in [0.5, 0.6) is 0 Å². The van der Waals surface area contributed by atoms with Crippen LogP contribution in [-0.4, -0.2) is 37.1 Å². The van der Waals surface area contributed by atoms with Crippen molar-refractivity contribution in [2.45, 2.75) is 64.6 Å². The van der Waals surface area contributed by atoms with E-state index in [1.807, 2.05) is 52.0 Å². The second kappa shape index (κ2) is 9.99. The summed E-state index contributed by atoms with van der Waals surface area (Å²) in [6.45, 7) is 8.92. The van der Waals surface area contributed by atoms with Crippen molar-refractivity contribution >= 4 is 17.3 Å². The van der Waals surface area contributed by atoms with Crippen molar-refractivity contribution in [2.24, 2.45) is 0 Å². The first-order valence-electron chi connectivity index (χ1n) is 11.4. The van der Waals surface area contributed by atoms with Gasteiger partial charge in [-0.3, -0.25) is 4.79 Å². The van der Waals surface area contributed by atoms with E-state index < -0.39 is 47.4 Å². The zero-order valence-corrected chi connectivity index (χ0v) is 20.0. The van der Waals surface area contributed by atoms with Gasteiger partial charge in [-0.1, -0.05) is 18.2 Å². The van der Waals surface area contributed by atoms with Gasteiger partial charge in [0.15, 0.2) is 0 Å². The average Bonchev–Trinajstić information content (AvgIpc) is 2.90. The van der Waals surface area contributed by atoms with Gasteiger partial charge in [0.1, 0.15) is 0 Å². The quantitative estimate of drug-likeness (QED) is 0.519. The predicted molar refractivity (Wildman–Crippen MR) is 123 cm³/mol. The summed E-state index contributed by atoms with van der Waals surface area (Å²) in [5.74, 6) is -0.682. The molecule has 0 atom stereocenters. The van der Waals surface area contributed by atoms with E-state index in [0.717, 1.165) is 17.4 Å². The molecule has 0 saturated heterocycles. The summed E-state index contributed by atoms with van der Waals surface area (Å²) in [5.41, 5.74) is -1.37. The molecule has 0 radical (unpaired) electrons. The molecule has 10 heteroatoms. The monoisotopic (exact) mass is 501 g/mol. The van der Waals surface area contributed by atoms with Crippen LogP contribution in [0, 0.1) is 0 Å². The number of carbonyl (C=O) groups excluding carboxylic acids is 1. The fraction of sp³-hybridized carbons (Fsp3) is 0.480. The van der Waals surface area contributed by atoms with Gasteiger partial charge in [-0.2, -0.15) is 26.3 Å². The molecule has 35 heavy (non-hydrogen) atoms. The topological polar surface area (TPSA) is 35.6 Å². The van der Waals surface area contributed by atoms with E-state index in [0.29, 0.717) is 19.2 Å². The third kappa shape index (κ3) is 6.21. The maximum Gasteiger partial charge on any atom is 0.416 e. The summed E-state index contributed by atoms with van der Waals surface area (Å²) in [4.78, 5) is 17.1. The average molecular weight is 502 g/mol. The Morgan fingerprint density at radius 2 is 1.40 bits per heavy atom. The molecule has 3 rings (SSSR count). The number of hydrogen-bond acceptors (Lipinski definition) is 3. The Morgan fingerprint density at radius 3 is 1.83 bits per heavy atom. The lowest BCUT2D eigenvalue weighted by Gasteiger charge is -2.31. The minimum absolute atomic E-state index is 0.0614. The van der Waals surface area contributed by atoms with E-state index in [1.54, 1.807) is 0 Å². The molecule has 0 fully saturated rings. The lowest BCUT2D eigenvalue weighted by atomic mass is 10.00. The van der Waals surface area contributed by atoms with Crippen molar-refractivity contribution in [2.75, 3.05) is 22.9 Å². The minimum atomic E-state index is -5.02. The lowest BCUT2D eigenvalue weighted by molar-refractivity contribution is -0.143. The number of hydrogen-bond donors (Lipinski definition) is 1. The maximum absolute atomic E-state index is 13.5. The van der Waals surface area contributed by atoms with Crippen molar-refractivity contribution in [3.63, 3.8) is 0 Å². The number of fused-ring (bicyclic) bond motifs is 1. The summed E-state index contributed by atoms with van der Waals surface area (Å²) in [5, 5.41) is 2.82. The highest BCUT2D eigenvalue weighted by atomic mass is 19.4. The highest BCUT2D eigenvalue weighted by Crippen LogP contribution is 2.38. The molecule has 0 unspecified atom stereocenters. The largest absolute Gasteiger partial charge is 0.416 e. The lowest BCUT2D eigenvalue weighted by Crippen LogP contribution is -2.50. The summed E-state index contributed by atoms with van der Waals surface area (Å²) in [6.07, 6.45) is -10.6. The molecule has 1 amide bonds. The Labute approximate surface area is 200 Å². The van der Waals surface area contributed by atoms with Crippen LogP contribution in [0.2, 0.25) is 0 Å². The van der Waals surface area contributed by atoms with Crippen LogP contribution in [-0.2, 0) is 23.6 Å². The molecule has 192 valence electrons. The summed E-state index contributed by atoms with van der Waals surface area (Å²) < 4.78 is 79.4. The zero-order chi connectivity index (χ0) is 26.1. The van der Waals surface area contributed by atoms with Gasteiger partial charge in [-0.25, -0.2) is 0 Å². The smallest absolute Gasteiger partial charge is 0.365 e. The Bertz CT molecular complexity index is 1010. The van der Waals surface area contributed by atoms with Gasteiger partial charge in [-0.05, 0) is 57.5 Å². The number of nitrogens with zero attached hydrogens (tertiary/aromatic N) is 2. The first-order chi connectivity index (χ1) is 16.2. The van der Waals surface area contributed by atoms with Crippen LogP contribution >= 0.6 is 0 Å². The molecule has 2 aromatic carbocycles. The first kappa shape index (κ1) is 26.7. The third-order valence-corrected chi connectivity index (χ3v) is 6.04. The molecule has 0 aliphatic carbocycles. The van der Waals surface area contributed by atoms with Gasteiger partial charge in [0.05, 0.1) is 35.0 Å². The first-order valence-corrected chi connectivity index (χ1v) is 11.4. The molecule has 0 bridgehead atoms. The highest BCUT2D eigenvalue weighted by molar-refractivity contribution is 5.80. The number of amides is 1. The molecular weight excluding hydrogens is 472 g/mol. The zero-order valence-electron chi connectivity index (χ0n) is 20.0. The van der Waals surface area contributed by atoms with E-state index in [9.17, 15) is 31.1 Å². The number of anilines is 2. The Kier molecular flexibility index (Phi) is 7.62. The van der Waals surface area contributed by atoms with Gasteiger partial charge >= 0.3 is 12.4 Å². The van der Waals surface area contributed by atoms with Crippen LogP contribution in [0.4, 0.5) is 37.7 Å². The second-order valence-electron chi connectivity index (χ2n) is 9.29. The molecule has 1 aliphatic rings. The van der Waals surface area contributed by atoms with Crippen LogP contribution in [0.15, 0.2) is 42.5 Å². The molecular formula is C25H29F6N3O. The third-order valence-electron chi connectivity index (χ3n) is 6.04. The molecule has 2 aromatic rings. The van der Waals surface area contributed by atoms with Crippen molar-refractivity contribution in [1.82, 2.24) is 5.32 Å². The minimum Gasteiger partial charge on any atom is -0.365 e. The normalized spacial score (nSPS) is 15.4. The molecule has 1 aliphatic heterocycles. The maximum atomic E-state index is 13.5. The van der Waals surface area contributed by atoms with Crippen molar-refractivity contribution in [3.8, 4) is 0 Å². The number of carbonyl (C=O) groups is 1. The SMILES string of the molecule is CC(C)N1CC(NC(=O)Cc2ccc(C(F)(F)F)cc2C(F)(F)F)CN(C(C)C)c2ccccc21. The summed E-state index contributed by atoms with van der Waals surface area (Å²) in [7, 11) is 0. The van der Waals surface area contributed by atoms with Crippen LogP contribution in [0.1, 0.15) is 44.4 Å². The predicted octanol–water partition coefficient (Wildman–Crippen LogP) is 5.89. The number of benzene rings is 2. The van der Waals surface area contributed by atoms with Crippen molar-refractivity contribution in [1.29, 1.82) is 0 Å². The number of halogens is 6. The molecule has 4 nitrogen and oxygen atoms in total. The highest BCUT2D eigenvalue weighted by Gasteiger charge is 2.38. The van der Waals surface area contributed by atoms with Gasteiger partial charge in [-0.15, -0.1) is 0 Å². The Morgan fingerprint density at radius 1 is 0.886 bits per heavy atom. The molecule has 0 spiro atoms. The fourth-order valence-electron chi connectivity index (χ4n) is 4.37. The fourth-order valence-corrected chi connectivity index (χ4v) is 4.37. The van der Waals surface area contributed by atoms with Crippen LogP contribution < -0.4 is 15.1 Å². The molecule has 1 N–H and O–H groups in total. The standard InChI is InChI=1S/C25H29F6N3O/c1-15(2)33-13-19(14-34(16(3)4)22-8-6-5-7-21(22)33)32-23(35)11-17-9-10-18(24(26,27)28)12-20(17)25(29,30)31/h5-10,12,15-16,19H,11,13-14H2,1-4H3,(H,32,35). The molecule has 0 aromatic heterocycles. The van der Waals surface area contributed by atoms with Gasteiger partial charge in [0.2, 0.25) is 5.91 Å². The number of rotatable bonds is 5. The van der Waals surface area contributed by atoms with E-state index in [2.05, 4.69) is 15.1 Å². The van der Waals surface area contributed by atoms with Gasteiger partial charge < -0.3 is 15.1 Å². The summed E-state index contributed by atoms with van der Waals surface area (Å²) >= 11 is 0. The van der Waals surface area contributed by atoms with Crippen LogP contribution in [0.3, 0.4) is 0 Å². The van der Waals surface area contributed by atoms with Crippen molar-refractivity contribution < 1.29 is 31.1 Å².